The molecule has 1 aliphatic rings. The third-order valence-electron chi connectivity index (χ3n) is 3.65. The van der Waals surface area contributed by atoms with Crippen LogP contribution in [-0.2, 0) is 9.59 Å². The number of hydrogen-bond donors (Lipinski definition) is 3. The van der Waals surface area contributed by atoms with Gasteiger partial charge in [0.2, 0.25) is 11.8 Å². The van der Waals surface area contributed by atoms with Gasteiger partial charge in [0.05, 0.1) is 12.5 Å². The Bertz CT molecular complexity index is 294. The van der Waals surface area contributed by atoms with E-state index in [1.54, 1.807) is 0 Å². The number of carbonyl (C=O) groups is 2. The zero-order valence-corrected chi connectivity index (χ0v) is 11.2. The van der Waals surface area contributed by atoms with Crippen LogP contribution in [0.5, 0.6) is 0 Å². The minimum Gasteiger partial charge on any atom is -0.370 e. The highest BCUT2D eigenvalue weighted by molar-refractivity contribution is 5.87. The second-order valence-corrected chi connectivity index (χ2v) is 5.49. The predicted octanol–water partition coefficient (Wildman–Crippen LogP) is 0.522. The van der Waals surface area contributed by atoms with Crippen molar-refractivity contribution in [3.05, 3.63) is 0 Å². The number of hydrogen-bond acceptors (Lipinski definition) is 3. The number of nitrogens with two attached hydrogens (primary N) is 2. The number of primary amides is 1. The van der Waals surface area contributed by atoms with Crippen molar-refractivity contribution in [2.24, 2.45) is 23.3 Å². The van der Waals surface area contributed by atoms with Gasteiger partial charge in [0.15, 0.2) is 0 Å². The first-order valence-electron chi connectivity index (χ1n) is 6.80. The number of rotatable bonds is 6. The molecule has 0 aromatic carbocycles. The maximum absolute atomic E-state index is 11.5. The van der Waals surface area contributed by atoms with Crippen molar-refractivity contribution in [2.75, 3.05) is 6.54 Å². The van der Waals surface area contributed by atoms with E-state index in [1.807, 2.05) is 0 Å². The summed E-state index contributed by atoms with van der Waals surface area (Å²) in [4.78, 5) is 22.2. The molecule has 1 saturated carbocycles. The summed E-state index contributed by atoms with van der Waals surface area (Å²) in [5.74, 6) is 0.689. The van der Waals surface area contributed by atoms with Crippen LogP contribution < -0.4 is 16.8 Å². The summed E-state index contributed by atoms with van der Waals surface area (Å²) < 4.78 is 0. The topological polar surface area (TPSA) is 98.2 Å². The van der Waals surface area contributed by atoms with Gasteiger partial charge in [-0.05, 0) is 24.7 Å². The molecule has 3 atom stereocenters. The van der Waals surface area contributed by atoms with Gasteiger partial charge in [-0.25, -0.2) is 0 Å². The van der Waals surface area contributed by atoms with Gasteiger partial charge in [0.1, 0.15) is 0 Å². The Morgan fingerprint density at radius 3 is 2.72 bits per heavy atom. The SMILES string of the molecule is CC1CCCC(CCNC(=O)C(N)CC(N)=O)C1. The number of carbonyl (C=O) groups excluding carboxylic acids is 2. The summed E-state index contributed by atoms with van der Waals surface area (Å²) in [6.07, 6.45) is 6.04. The van der Waals surface area contributed by atoms with Crippen molar-refractivity contribution in [1.29, 1.82) is 0 Å². The predicted molar refractivity (Wildman–Crippen MR) is 70.5 cm³/mol. The Labute approximate surface area is 109 Å². The molecule has 1 fully saturated rings. The zero-order valence-electron chi connectivity index (χ0n) is 11.2. The molecule has 104 valence electrons. The lowest BCUT2D eigenvalue weighted by atomic mass is 9.81. The quantitative estimate of drug-likeness (QED) is 0.645. The van der Waals surface area contributed by atoms with E-state index in [9.17, 15) is 9.59 Å². The van der Waals surface area contributed by atoms with Gasteiger partial charge in [-0.2, -0.15) is 0 Å². The standard InChI is InChI=1S/C13H25N3O2/c1-9-3-2-4-10(7-9)5-6-16-13(18)11(14)8-12(15)17/h9-11H,2-8,14H2,1H3,(H2,15,17)(H,16,18). The molecule has 0 aromatic rings. The van der Waals surface area contributed by atoms with Gasteiger partial charge in [-0.1, -0.05) is 26.2 Å². The van der Waals surface area contributed by atoms with E-state index in [2.05, 4.69) is 12.2 Å². The monoisotopic (exact) mass is 255 g/mol. The van der Waals surface area contributed by atoms with Crippen molar-refractivity contribution in [1.82, 2.24) is 5.32 Å². The third kappa shape index (κ3) is 5.49. The second kappa shape index (κ2) is 7.36. The van der Waals surface area contributed by atoms with Crippen molar-refractivity contribution in [3.63, 3.8) is 0 Å². The van der Waals surface area contributed by atoms with Crippen molar-refractivity contribution in [3.8, 4) is 0 Å². The molecule has 5 heteroatoms. The summed E-state index contributed by atoms with van der Waals surface area (Å²) in [6, 6.07) is -0.812. The summed E-state index contributed by atoms with van der Waals surface area (Å²) in [5, 5.41) is 2.78. The molecule has 5 N–H and O–H groups in total. The van der Waals surface area contributed by atoms with Gasteiger partial charge >= 0.3 is 0 Å². The first-order chi connectivity index (χ1) is 8.49. The van der Waals surface area contributed by atoms with E-state index >= 15 is 0 Å². The third-order valence-corrected chi connectivity index (χ3v) is 3.65. The Hall–Kier alpha value is -1.10. The highest BCUT2D eigenvalue weighted by atomic mass is 16.2. The second-order valence-electron chi connectivity index (χ2n) is 5.49. The van der Waals surface area contributed by atoms with Crippen LogP contribution in [0.2, 0.25) is 0 Å². The lowest BCUT2D eigenvalue weighted by molar-refractivity contribution is -0.126. The van der Waals surface area contributed by atoms with E-state index in [4.69, 9.17) is 11.5 Å². The van der Waals surface area contributed by atoms with Crippen LogP contribution in [0.4, 0.5) is 0 Å². The molecule has 5 nitrogen and oxygen atoms in total. The number of nitrogens with one attached hydrogen (secondary N) is 1. The zero-order chi connectivity index (χ0) is 13.5. The first-order valence-corrected chi connectivity index (χ1v) is 6.80. The molecule has 1 aliphatic carbocycles. The molecule has 0 bridgehead atoms. The van der Waals surface area contributed by atoms with Gasteiger partial charge in [-0.15, -0.1) is 0 Å². The van der Waals surface area contributed by atoms with Crippen molar-refractivity contribution < 1.29 is 9.59 Å². The van der Waals surface area contributed by atoms with Crippen LogP contribution in [0.1, 0.15) is 45.4 Å². The van der Waals surface area contributed by atoms with Gasteiger partial charge in [0, 0.05) is 6.54 Å². The van der Waals surface area contributed by atoms with Gasteiger partial charge < -0.3 is 16.8 Å². The smallest absolute Gasteiger partial charge is 0.237 e. The summed E-state index contributed by atoms with van der Waals surface area (Å²) in [5.41, 5.74) is 10.5. The van der Waals surface area contributed by atoms with E-state index in [-0.39, 0.29) is 12.3 Å². The maximum atomic E-state index is 11.5. The average Bonchev–Trinajstić information content (AvgIpc) is 2.28. The molecular formula is C13H25N3O2. The van der Waals surface area contributed by atoms with Gasteiger partial charge in [-0.3, -0.25) is 9.59 Å². The normalized spacial score (nSPS) is 25.4. The van der Waals surface area contributed by atoms with Crippen LogP contribution in [0.25, 0.3) is 0 Å². The summed E-state index contributed by atoms with van der Waals surface area (Å²) >= 11 is 0. The number of amides is 2. The fraction of sp³-hybridized carbons (Fsp3) is 0.846. The van der Waals surface area contributed by atoms with Crippen LogP contribution in [0, 0.1) is 11.8 Å². The fourth-order valence-electron chi connectivity index (χ4n) is 2.66. The first kappa shape index (κ1) is 15.0. The van der Waals surface area contributed by atoms with Crippen LogP contribution in [0.3, 0.4) is 0 Å². The van der Waals surface area contributed by atoms with Crippen molar-refractivity contribution in [2.45, 2.75) is 51.5 Å². The van der Waals surface area contributed by atoms with Crippen LogP contribution >= 0.6 is 0 Å². The molecule has 0 radical (unpaired) electrons. The minimum absolute atomic E-state index is 0.0910. The summed E-state index contributed by atoms with van der Waals surface area (Å²) in [6.45, 7) is 2.93. The fourth-order valence-corrected chi connectivity index (χ4v) is 2.66. The Morgan fingerprint density at radius 1 is 1.39 bits per heavy atom. The molecule has 0 aliphatic heterocycles. The van der Waals surface area contributed by atoms with E-state index in [1.165, 1.54) is 25.7 Å². The lowest BCUT2D eigenvalue weighted by Crippen LogP contribution is -2.43. The lowest BCUT2D eigenvalue weighted by Gasteiger charge is -2.26. The molecular weight excluding hydrogens is 230 g/mol. The molecule has 0 heterocycles. The molecule has 1 rings (SSSR count). The molecule has 0 saturated heterocycles. The molecule has 3 unspecified atom stereocenters. The summed E-state index contributed by atoms with van der Waals surface area (Å²) in [7, 11) is 0. The van der Waals surface area contributed by atoms with Crippen LogP contribution in [-0.4, -0.2) is 24.4 Å². The minimum atomic E-state index is -0.812. The van der Waals surface area contributed by atoms with Gasteiger partial charge in [0.25, 0.3) is 0 Å². The Kier molecular flexibility index (Phi) is 6.12. The maximum Gasteiger partial charge on any atom is 0.237 e. The largest absolute Gasteiger partial charge is 0.370 e. The molecule has 18 heavy (non-hydrogen) atoms. The van der Waals surface area contributed by atoms with E-state index < -0.39 is 11.9 Å². The Balaban J connectivity index is 2.16. The highest BCUT2D eigenvalue weighted by Gasteiger charge is 2.19. The van der Waals surface area contributed by atoms with E-state index in [0.717, 1.165) is 12.3 Å². The van der Waals surface area contributed by atoms with Crippen LogP contribution in [0.15, 0.2) is 0 Å². The molecule has 0 spiro atoms. The van der Waals surface area contributed by atoms with Crippen molar-refractivity contribution >= 4 is 11.8 Å². The highest BCUT2D eigenvalue weighted by Crippen LogP contribution is 2.30. The Morgan fingerprint density at radius 2 is 2.11 bits per heavy atom. The molecule has 2 amide bonds. The van der Waals surface area contributed by atoms with E-state index in [0.29, 0.717) is 12.5 Å². The average molecular weight is 255 g/mol. The molecule has 0 aromatic heterocycles.